The lowest BCUT2D eigenvalue weighted by molar-refractivity contribution is 0.104. The molecule has 21 heavy (non-hydrogen) atoms. The van der Waals surface area contributed by atoms with Crippen molar-refractivity contribution >= 4 is 34.8 Å². The quantitative estimate of drug-likeness (QED) is 0.834. The van der Waals surface area contributed by atoms with Crippen molar-refractivity contribution < 1.29 is 18.6 Å². The smallest absolute Gasteiger partial charge is 0.164 e. The first kappa shape index (κ1) is 16.3. The molecule has 0 saturated heterocycles. The molecule has 0 aliphatic rings. The Balaban J connectivity index is 2.15. The second kappa shape index (κ2) is 6.79. The van der Waals surface area contributed by atoms with E-state index in [-0.39, 0.29) is 28.0 Å². The Hall–Kier alpha value is -1.07. The van der Waals surface area contributed by atoms with Crippen molar-refractivity contribution in [3.05, 3.63) is 62.6 Å². The second-order valence-electron chi connectivity index (χ2n) is 4.17. The van der Waals surface area contributed by atoms with Crippen LogP contribution in [0.3, 0.4) is 0 Å². The van der Waals surface area contributed by atoms with Gasteiger partial charge in [0.15, 0.2) is 17.4 Å². The summed E-state index contributed by atoms with van der Waals surface area (Å²) in [4.78, 5) is 0. The number of hydrogen-bond acceptors (Lipinski definition) is 2. The number of hydrogen-bond donors (Lipinski definition) is 1. The predicted octanol–water partition coefficient (Wildman–Crippen LogP) is 5.04. The first-order valence-electron chi connectivity index (χ1n) is 5.79. The molecule has 0 spiro atoms. The van der Waals surface area contributed by atoms with E-state index in [0.717, 1.165) is 6.07 Å². The summed E-state index contributed by atoms with van der Waals surface area (Å²) in [5, 5.41) is 10.5. The number of aliphatic hydroxyl groups excluding tert-OH is 1. The first-order chi connectivity index (χ1) is 9.90. The molecule has 0 aromatic heterocycles. The van der Waals surface area contributed by atoms with E-state index >= 15 is 0 Å². The molecule has 7 heteroatoms. The highest BCUT2D eigenvalue weighted by atomic mass is 35.5. The molecule has 1 N–H and O–H groups in total. The zero-order valence-electron chi connectivity index (χ0n) is 10.4. The van der Waals surface area contributed by atoms with Crippen LogP contribution >= 0.6 is 34.8 Å². The van der Waals surface area contributed by atoms with Crippen LogP contribution in [0.1, 0.15) is 11.7 Å². The molecule has 0 amide bonds. The van der Waals surface area contributed by atoms with Crippen LogP contribution in [0.15, 0.2) is 30.3 Å². The van der Waals surface area contributed by atoms with E-state index in [9.17, 15) is 13.9 Å². The molecule has 2 nitrogen and oxygen atoms in total. The molecule has 2 aromatic carbocycles. The van der Waals surface area contributed by atoms with Crippen LogP contribution in [0.2, 0.25) is 15.1 Å². The van der Waals surface area contributed by atoms with Gasteiger partial charge in [-0.15, -0.1) is 0 Å². The number of ether oxygens (including phenoxy) is 1. The fourth-order valence-corrected chi connectivity index (χ4v) is 2.62. The monoisotopic (exact) mass is 352 g/mol. The topological polar surface area (TPSA) is 29.5 Å². The largest absolute Gasteiger partial charge is 0.487 e. The number of rotatable bonds is 4. The van der Waals surface area contributed by atoms with Crippen LogP contribution in [0.4, 0.5) is 8.78 Å². The highest BCUT2D eigenvalue weighted by Crippen LogP contribution is 2.36. The number of halogens is 5. The van der Waals surface area contributed by atoms with Crippen molar-refractivity contribution in [2.75, 3.05) is 6.61 Å². The molecule has 0 heterocycles. The van der Waals surface area contributed by atoms with Crippen LogP contribution in [0.5, 0.6) is 5.75 Å². The van der Waals surface area contributed by atoms with Gasteiger partial charge in [0.05, 0.1) is 10.0 Å². The van der Waals surface area contributed by atoms with E-state index in [1.807, 2.05) is 0 Å². The molecule has 112 valence electrons. The van der Waals surface area contributed by atoms with Crippen LogP contribution < -0.4 is 4.74 Å². The molecule has 0 aliphatic heterocycles. The van der Waals surface area contributed by atoms with Gasteiger partial charge in [0.1, 0.15) is 12.7 Å². The zero-order valence-corrected chi connectivity index (χ0v) is 12.7. The van der Waals surface area contributed by atoms with E-state index < -0.39 is 17.7 Å². The lowest BCUT2D eigenvalue weighted by Gasteiger charge is -2.15. The third kappa shape index (κ3) is 3.77. The summed E-state index contributed by atoms with van der Waals surface area (Å²) in [5.74, 6) is -2.06. The van der Waals surface area contributed by atoms with Gasteiger partial charge in [-0.3, -0.25) is 0 Å². The van der Waals surface area contributed by atoms with Gasteiger partial charge in [0.2, 0.25) is 0 Å². The normalized spacial score (nSPS) is 12.3. The Kier molecular flexibility index (Phi) is 5.27. The number of benzene rings is 2. The summed E-state index contributed by atoms with van der Waals surface area (Å²) >= 11 is 17.6. The zero-order chi connectivity index (χ0) is 15.6. The Labute approximate surface area is 134 Å². The van der Waals surface area contributed by atoms with Gasteiger partial charge in [-0.25, -0.2) is 8.78 Å². The van der Waals surface area contributed by atoms with E-state index in [1.54, 1.807) is 0 Å². The standard InChI is InChI=1S/C14H9Cl3F2O2/c15-7-4-9(16)14(10(17)5-7)21-6-12(20)8-2-1-3-11(18)13(8)19/h1-5,12,20H,6H2. The van der Waals surface area contributed by atoms with E-state index in [1.165, 1.54) is 24.3 Å². The van der Waals surface area contributed by atoms with Crippen molar-refractivity contribution in [3.63, 3.8) is 0 Å². The van der Waals surface area contributed by atoms with E-state index in [4.69, 9.17) is 39.5 Å². The Morgan fingerprint density at radius 3 is 2.33 bits per heavy atom. The summed E-state index contributed by atoms with van der Waals surface area (Å²) in [6.45, 7) is -0.346. The molecule has 1 atom stereocenters. The predicted molar refractivity (Wildman–Crippen MR) is 78.3 cm³/mol. The third-order valence-corrected chi connectivity index (χ3v) is 3.47. The molecule has 2 aromatic rings. The molecule has 1 unspecified atom stereocenters. The van der Waals surface area contributed by atoms with Crippen LogP contribution in [0.25, 0.3) is 0 Å². The van der Waals surface area contributed by atoms with Crippen LogP contribution in [-0.2, 0) is 0 Å². The summed E-state index contributed by atoms with van der Waals surface area (Å²) in [5.41, 5.74) is -0.212. The molecular formula is C14H9Cl3F2O2. The van der Waals surface area contributed by atoms with E-state index in [0.29, 0.717) is 5.02 Å². The fraction of sp³-hybridized carbons (Fsp3) is 0.143. The second-order valence-corrected chi connectivity index (χ2v) is 5.42. The fourth-order valence-electron chi connectivity index (χ4n) is 1.70. The summed E-state index contributed by atoms with van der Waals surface area (Å²) < 4.78 is 31.9. The number of aliphatic hydroxyl groups is 1. The lowest BCUT2D eigenvalue weighted by atomic mass is 10.1. The lowest BCUT2D eigenvalue weighted by Crippen LogP contribution is -2.12. The van der Waals surface area contributed by atoms with Gasteiger partial charge in [-0.05, 0) is 18.2 Å². The van der Waals surface area contributed by atoms with Gasteiger partial charge in [-0.1, -0.05) is 46.9 Å². The van der Waals surface area contributed by atoms with Crippen molar-refractivity contribution in [2.24, 2.45) is 0 Å². The Morgan fingerprint density at radius 2 is 1.71 bits per heavy atom. The minimum atomic E-state index is -1.37. The average molecular weight is 354 g/mol. The van der Waals surface area contributed by atoms with Crippen LogP contribution in [-0.4, -0.2) is 11.7 Å². The van der Waals surface area contributed by atoms with Gasteiger partial charge >= 0.3 is 0 Å². The highest BCUT2D eigenvalue weighted by Gasteiger charge is 2.18. The summed E-state index contributed by atoms with van der Waals surface area (Å²) in [6.07, 6.45) is -1.37. The molecule has 0 bridgehead atoms. The van der Waals surface area contributed by atoms with Crippen molar-refractivity contribution in [2.45, 2.75) is 6.10 Å². The Bertz CT molecular complexity index is 642. The molecule has 0 aliphatic carbocycles. The van der Waals surface area contributed by atoms with Crippen LogP contribution in [0, 0.1) is 11.6 Å². The molecular weight excluding hydrogens is 345 g/mol. The molecule has 0 radical (unpaired) electrons. The average Bonchev–Trinajstić information content (AvgIpc) is 2.40. The van der Waals surface area contributed by atoms with Crippen molar-refractivity contribution in [1.29, 1.82) is 0 Å². The third-order valence-electron chi connectivity index (χ3n) is 2.69. The van der Waals surface area contributed by atoms with Crippen molar-refractivity contribution in [1.82, 2.24) is 0 Å². The maximum atomic E-state index is 13.5. The maximum absolute atomic E-state index is 13.5. The van der Waals surface area contributed by atoms with E-state index in [2.05, 4.69) is 0 Å². The molecule has 0 saturated carbocycles. The summed E-state index contributed by atoms with van der Waals surface area (Å²) in [7, 11) is 0. The molecule has 2 rings (SSSR count). The SMILES string of the molecule is OC(COc1c(Cl)cc(Cl)cc1Cl)c1cccc(F)c1F. The maximum Gasteiger partial charge on any atom is 0.164 e. The summed E-state index contributed by atoms with van der Waals surface area (Å²) in [6, 6.07) is 6.34. The Morgan fingerprint density at radius 1 is 1.10 bits per heavy atom. The minimum absolute atomic E-state index is 0.110. The minimum Gasteiger partial charge on any atom is -0.487 e. The van der Waals surface area contributed by atoms with Gasteiger partial charge in [0, 0.05) is 10.6 Å². The van der Waals surface area contributed by atoms with Crippen molar-refractivity contribution in [3.8, 4) is 5.75 Å². The highest BCUT2D eigenvalue weighted by molar-refractivity contribution is 6.40. The van der Waals surface area contributed by atoms with Gasteiger partial charge in [0.25, 0.3) is 0 Å². The molecule has 0 fully saturated rings. The van der Waals surface area contributed by atoms with Gasteiger partial charge < -0.3 is 9.84 Å². The van der Waals surface area contributed by atoms with Gasteiger partial charge in [-0.2, -0.15) is 0 Å². The first-order valence-corrected chi connectivity index (χ1v) is 6.93.